The Morgan fingerprint density at radius 3 is 2.32 bits per heavy atom. The number of hydrogen-bond acceptors (Lipinski definition) is 4. The molecule has 0 saturated carbocycles. The molecule has 1 aromatic rings. The molecule has 2 aliphatic rings. The van der Waals surface area contributed by atoms with Crippen molar-refractivity contribution in [3.8, 4) is 0 Å². The Hall–Kier alpha value is -1.65. The summed E-state index contributed by atoms with van der Waals surface area (Å²) in [6.07, 6.45) is 0.175. The maximum atomic E-state index is 13.1. The summed E-state index contributed by atoms with van der Waals surface area (Å²) >= 11 is 0. The smallest absolute Gasteiger partial charge is 0.339 e. The minimum absolute atomic E-state index is 0.137. The standard InChI is InChI=1S/C21H30F3N3O3S/c1-2-9-25(16-21(22,23)24)15-20(28)26-10-12-27(13-11-26)31(29,30)19-8-7-17-5-3-4-6-18(17)14-19/h7-8,14H,2-6,9-13,15-16H2,1H3. The van der Waals surface area contributed by atoms with Crippen LogP contribution in [0.15, 0.2) is 23.1 Å². The second kappa shape index (κ2) is 9.87. The maximum absolute atomic E-state index is 13.1. The topological polar surface area (TPSA) is 60.9 Å². The van der Waals surface area contributed by atoms with Crippen molar-refractivity contribution in [2.75, 3.05) is 45.8 Å². The van der Waals surface area contributed by atoms with E-state index in [1.54, 1.807) is 19.1 Å². The van der Waals surface area contributed by atoms with Crippen LogP contribution >= 0.6 is 0 Å². The summed E-state index contributed by atoms with van der Waals surface area (Å²) in [5.41, 5.74) is 2.29. The molecule has 1 aromatic carbocycles. The number of fused-ring (bicyclic) bond motifs is 1. The average Bonchev–Trinajstić information content (AvgIpc) is 2.72. The highest BCUT2D eigenvalue weighted by Gasteiger charge is 2.34. The SMILES string of the molecule is CCCN(CC(=O)N1CCN(S(=O)(=O)c2ccc3c(c2)CCCC3)CC1)CC(F)(F)F. The monoisotopic (exact) mass is 461 g/mol. The van der Waals surface area contributed by atoms with Crippen LogP contribution in [-0.2, 0) is 27.7 Å². The minimum atomic E-state index is -4.36. The fourth-order valence-electron chi connectivity index (χ4n) is 4.27. The van der Waals surface area contributed by atoms with E-state index in [1.165, 1.54) is 14.8 Å². The molecule has 0 N–H and O–H groups in total. The molecule has 0 bridgehead atoms. The zero-order valence-corrected chi connectivity index (χ0v) is 18.6. The number of piperazine rings is 1. The van der Waals surface area contributed by atoms with Crippen molar-refractivity contribution in [3.05, 3.63) is 29.3 Å². The summed E-state index contributed by atoms with van der Waals surface area (Å²) in [4.78, 5) is 15.3. The highest BCUT2D eigenvalue weighted by molar-refractivity contribution is 7.89. The van der Waals surface area contributed by atoms with E-state index in [4.69, 9.17) is 0 Å². The lowest BCUT2D eigenvalue weighted by atomic mass is 9.92. The Bertz CT molecular complexity index is 882. The number of nitrogens with zero attached hydrogens (tertiary/aromatic N) is 3. The molecule has 0 unspecified atom stereocenters. The quantitative estimate of drug-likeness (QED) is 0.627. The Morgan fingerprint density at radius 1 is 1.06 bits per heavy atom. The second-order valence-electron chi connectivity index (χ2n) is 8.25. The second-order valence-corrected chi connectivity index (χ2v) is 10.2. The maximum Gasteiger partial charge on any atom is 0.401 e. The zero-order valence-electron chi connectivity index (χ0n) is 17.8. The number of hydrogen-bond donors (Lipinski definition) is 0. The lowest BCUT2D eigenvalue weighted by Gasteiger charge is -2.35. The fraction of sp³-hybridized carbons (Fsp3) is 0.667. The summed E-state index contributed by atoms with van der Waals surface area (Å²) in [6.45, 7) is 1.13. The number of halogens is 3. The molecule has 1 fully saturated rings. The predicted octanol–water partition coefficient (Wildman–Crippen LogP) is 2.67. The van der Waals surface area contributed by atoms with Crippen LogP contribution in [0.25, 0.3) is 0 Å². The molecular weight excluding hydrogens is 431 g/mol. The molecule has 0 spiro atoms. The van der Waals surface area contributed by atoms with Crippen LogP contribution in [0.4, 0.5) is 13.2 Å². The third kappa shape index (κ3) is 6.20. The molecule has 6 nitrogen and oxygen atoms in total. The lowest BCUT2D eigenvalue weighted by molar-refractivity contribution is -0.152. The molecule has 1 amide bonds. The van der Waals surface area contributed by atoms with Gasteiger partial charge in [0, 0.05) is 26.2 Å². The van der Waals surface area contributed by atoms with Gasteiger partial charge in [-0.2, -0.15) is 17.5 Å². The molecule has 3 rings (SSSR count). The first-order valence-corrected chi connectivity index (χ1v) is 12.2. The van der Waals surface area contributed by atoms with Crippen LogP contribution in [0.3, 0.4) is 0 Å². The Balaban J connectivity index is 1.60. The van der Waals surface area contributed by atoms with Gasteiger partial charge in [-0.15, -0.1) is 0 Å². The number of amides is 1. The van der Waals surface area contributed by atoms with Crippen molar-refractivity contribution in [2.45, 2.75) is 50.1 Å². The Morgan fingerprint density at radius 2 is 1.71 bits per heavy atom. The predicted molar refractivity (Wildman–Crippen MR) is 111 cm³/mol. The molecule has 1 saturated heterocycles. The third-order valence-corrected chi connectivity index (χ3v) is 7.75. The van der Waals surface area contributed by atoms with E-state index in [-0.39, 0.29) is 44.2 Å². The van der Waals surface area contributed by atoms with Crippen molar-refractivity contribution >= 4 is 15.9 Å². The number of benzene rings is 1. The summed E-state index contributed by atoms with van der Waals surface area (Å²) in [5.74, 6) is -0.400. The van der Waals surface area contributed by atoms with Gasteiger partial charge in [-0.25, -0.2) is 8.42 Å². The van der Waals surface area contributed by atoms with Gasteiger partial charge in [0.15, 0.2) is 0 Å². The van der Waals surface area contributed by atoms with E-state index in [2.05, 4.69) is 0 Å². The number of sulfonamides is 1. The van der Waals surface area contributed by atoms with E-state index < -0.39 is 28.7 Å². The molecule has 10 heteroatoms. The van der Waals surface area contributed by atoms with E-state index in [0.29, 0.717) is 6.42 Å². The van der Waals surface area contributed by atoms with Gasteiger partial charge in [0.25, 0.3) is 0 Å². The highest BCUT2D eigenvalue weighted by Crippen LogP contribution is 2.26. The molecule has 31 heavy (non-hydrogen) atoms. The van der Waals surface area contributed by atoms with Crippen LogP contribution in [-0.4, -0.2) is 80.4 Å². The number of carbonyl (C=O) groups excluding carboxylic acids is 1. The van der Waals surface area contributed by atoms with E-state index >= 15 is 0 Å². The van der Waals surface area contributed by atoms with Gasteiger partial charge >= 0.3 is 6.18 Å². The molecule has 1 aliphatic carbocycles. The van der Waals surface area contributed by atoms with Gasteiger partial charge < -0.3 is 4.90 Å². The first-order valence-electron chi connectivity index (χ1n) is 10.8. The first kappa shape index (κ1) is 24.0. The van der Waals surface area contributed by atoms with E-state index in [9.17, 15) is 26.4 Å². The molecule has 0 radical (unpaired) electrons. The van der Waals surface area contributed by atoms with Crippen LogP contribution in [0.1, 0.15) is 37.3 Å². The van der Waals surface area contributed by atoms with Crippen LogP contribution in [0.2, 0.25) is 0 Å². The lowest BCUT2D eigenvalue weighted by Crippen LogP contribution is -2.53. The van der Waals surface area contributed by atoms with Crippen molar-refractivity contribution in [1.29, 1.82) is 0 Å². The summed E-state index contributed by atoms with van der Waals surface area (Å²) in [6, 6.07) is 5.31. The summed E-state index contributed by atoms with van der Waals surface area (Å²) < 4.78 is 65.7. The molecule has 0 atom stereocenters. The van der Waals surface area contributed by atoms with Crippen molar-refractivity contribution < 1.29 is 26.4 Å². The van der Waals surface area contributed by atoms with Gasteiger partial charge in [-0.05, 0) is 61.9 Å². The van der Waals surface area contributed by atoms with Gasteiger partial charge in [-0.1, -0.05) is 13.0 Å². The molecule has 174 valence electrons. The van der Waals surface area contributed by atoms with Gasteiger partial charge in [0.05, 0.1) is 18.0 Å². The normalized spacial score (nSPS) is 18.3. The van der Waals surface area contributed by atoms with Crippen molar-refractivity contribution in [2.24, 2.45) is 0 Å². The number of aryl methyl sites for hydroxylation is 2. The first-order chi connectivity index (χ1) is 14.6. The van der Waals surface area contributed by atoms with Crippen molar-refractivity contribution in [3.63, 3.8) is 0 Å². The van der Waals surface area contributed by atoms with E-state index in [1.807, 2.05) is 6.07 Å². The van der Waals surface area contributed by atoms with Crippen LogP contribution in [0.5, 0.6) is 0 Å². The Labute approximate surface area is 182 Å². The summed E-state index contributed by atoms with van der Waals surface area (Å²) in [5, 5.41) is 0. The van der Waals surface area contributed by atoms with Gasteiger partial charge in [0.1, 0.15) is 0 Å². The number of carbonyl (C=O) groups is 1. The highest BCUT2D eigenvalue weighted by atomic mass is 32.2. The third-order valence-electron chi connectivity index (χ3n) is 5.85. The molecule has 1 heterocycles. The molecular formula is C21H30F3N3O3S. The van der Waals surface area contributed by atoms with E-state index in [0.717, 1.165) is 36.1 Å². The largest absolute Gasteiger partial charge is 0.401 e. The average molecular weight is 462 g/mol. The number of alkyl halides is 3. The Kier molecular flexibility index (Phi) is 7.64. The summed E-state index contributed by atoms with van der Waals surface area (Å²) in [7, 11) is -3.66. The van der Waals surface area contributed by atoms with Crippen LogP contribution in [0, 0.1) is 0 Å². The van der Waals surface area contributed by atoms with Gasteiger partial charge in [0.2, 0.25) is 15.9 Å². The molecule has 1 aliphatic heterocycles. The minimum Gasteiger partial charge on any atom is -0.339 e. The van der Waals surface area contributed by atoms with Crippen molar-refractivity contribution in [1.82, 2.24) is 14.1 Å². The number of rotatable bonds is 7. The molecule has 0 aromatic heterocycles. The van der Waals surface area contributed by atoms with Gasteiger partial charge in [-0.3, -0.25) is 9.69 Å². The van der Waals surface area contributed by atoms with Crippen LogP contribution < -0.4 is 0 Å². The fourth-order valence-corrected chi connectivity index (χ4v) is 5.75. The zero-order chi connectivity index (χ0) is 22.6.